The van der Waals surface area contributed by atoms with E-state index >= 15 is 0 Å². The average Bonchev–Trinajstić information content (AvgIpc) is 3.41. The van der Waals surface area contributed by atoms with Gasteiger partial charge in [-0.1, -0.05) is 49.4 Å². The molecule has 1 aliphatic rings. The maximum absolute atomic E-state index is 14.1. The summed E-state index contributed by atoms with van der Waals surface area (Å²) in [6, 6.07) is 13.6. The maximum Gasteiger partial charge on any atom is 0.258 e. The number of alkyl halides is 2. The van der Waals surface area contributed by atoms with Gasteiger partial charge in [-0.05, 0) is 37.1 Å². The summed E-state index contributed by atoms with van der Waals surface area (Å²) in [6.07, 6.45) is -1.58. The minimum Gasteiger partial charge on any atom is -0.323 e. The number of imidazole rings is 1. The third kappa shape index (κ3) is 4.07. The van der Waals surface area contributed by atoms with E-state index in [0.717, 1.165) is 4.90 Å². The van der Waals surface area contributed by atoms with E-state index in [1.54, 1.807) is 49.4 Å². The number of nitrogens with zero attached hydrogens (tertiary/aromatic N) is 3. The smallest absolute Gasteiger partial charge is 0.258 e. The van der Waals surface area contributed by atoms with Gasteiger partial charge in [0.2, 0.25) is 11.9 Å². The highest BCUT2D eigenvalue weighted by molar-refractivity contribution is 6.16. The monoisotopic (exact) mass is 426 g/mol. The number of rotatable bonds is 6. The molecular formula is C23H24F2N4O2. The second-order valence-electron chi connectivity index (χ2n) is 7.58. The third-order valence-corrected chi connectivity index (χ3v) is 5.68. The van der Waals surface area contributed by atoms with Gasteiger partial charge in [-0.3, -0.25) is 14.5 Å². The molecule has 1 aliphatic heterocycles. The van der Waals surface area contributed by atoms with E-state index in [-0.39, 0.29) is 12.4 Å². The molecule has 8 heteroatoms. The lowest BCUT2D eigenvalue weighted by Crippen LogP contribution is -2.50. The quantitative estimate of drug-likeness (QED) is 0.638. The summed E-state index contributed by atoms with van der Waals surface area (Å²) < 4.78 is 28.2. The Balaban J connectivity index is 1.69. The number of carbonyl (C=O) groups is 2. The fraction of sp³-hybridized carbons (Fsp3) is 0.348. The zero-order chi connectivity index (χ0) is 22.0. The van der Waals surface area contributed by atoms with Gasteiger partial charge in [0.1, 0.15) is 0 Å². The molecule has 2 aromatic carbocycles. The fourth-order valence-corrected chi connectivity index (χ4v) is 4.22. The number of likely N-dealkylation sites (tertiary alicyclic amines) is 1. The molecule has 0 bridgehead atoms. The number of nitrogens with one attached hydrogen (secondary N) is 1. The normalized spacial score (nSPS) is 17.9. The molecule has 0 radical (unpaired) electrons. The minimum atomic E-state index is -2.67. The van der Waals surface area contributed by atoms with Crippen LogP contribution in [0.15, 0.2) is 54.6 Å². The molecule has 1 fully saturated rings. The number of amides is 2. The predicted octanol–water partition coefficient (Wildman–Crippen LogP) is 4.30. The van der Waals surface area contributed by atoms with E-state index < -0.39 is 30.3 Å². The minimum absolute atomic E-state index is 0.0897. The van der Waals surface area contributed by atoms with Crippen molar-refractivity contribution in [1.29, 1.82) is 0 Å². The van der Waals surface area contributed by atoms with E-state index in [9.17, 15) is 18.4 Å². The summed E-state index contributed by atoms with van der Waals surface area (Å²) in [5.74, 6) is -0.826. The van der Waals surface area contributed by atoms with E-state index in [2.05, 4.69) is 9.97 Å². The molecule has 6 nitrogen and oxygen atoms in total. The van der Waals surface area contributed by atoms with E-state index in [0.29, 0.717) is 36.0 Å². The predicted molar refractivity (Wildman–Crippen MR) is 114 cm³/mol. The van der Waals surface area contributed by atoms with Crippen molar-refractivity contribution >= 4 is 28.8 Å². The van der Waals surface area contributed by atoms with Crippen LogP contribution in [0.1, 0.15) is 37.8 Å². The summed E-state index contributed by atoms with van der Waals surface area (Å²) in [6.45, 7) is 2.01. The summed E-state index contributed by atoms with van der Waals surface area (Å²) in [4.78, 5) is 36.3. The van der Waals surface area contributed by atoms with Crippen LogP contribution in [-0.2, 0) is 9.59 Å². The van der Waals surface area contributed by atoms with E-state index in [1.165, 1.54) is 4.90 Å². The number of benzene rings is 2. The molecule has 2 heterocycles. The van der Waals surface area contributed by atoms with Crippen molar-refractivity contribution in [3.8, 4) is 0 Å². The first-order valence-corrected chi connectivity index (χ1v) is 10.4. The van der Waals surface area contributed by atoms with Crippen LogP contribution in [0, 0.1) is 0 Å². The number of para-hydroxylation sites is 2. The molecule has 1 aromatic heterocycles. The summed E-state index contributed by atoms with van der Waals surface area (Å²) in [7, 11) is 0. The Morgan fingerprint density at radius 3 is 2.55 bits per heavy atom. The molecule has 162 valence electrons. The number of anilines is 1. The maximum atomic E-state index is 14.1. The van der Waals surface area contributed by atoms with Gasteiger partial charge in [-0.2, -0.15) is 0 Å². The highest BCUT2D eigenvalue weighted by Crippen LogP contribution is 2.35. The lowest BCUT2D eigenvalue weighted by molar-refractivity contribution is -0.130. The van der Waals surface area contributed by atoms with E-state index in [1.807, 2.05) is 12.1 Å². The molecule has 1 N–H and O–H groups in total. The highest BCUT2D eigenvalue weighted by atomic mass is 19.3. The van der Waals surface area contributed by atoms with Gasteiger partial charge in [0, 0.05) is 6.42 Å². The van der Waals surface area contributed by atoms with Crippen molar-refractivity contribution in [2.24, 2.45) is 0 Å². The lowest BCUT2D eigenvalue weighted by atomic mass is 10.0. The second-order valence-corrected chi connectivity index (χ2v) is 7.58. The number of H-pyrrole nitrogens is 1. The van der Waals surface area contributed by atoms with Crippen LogP contribution in [-0.4, -0.2) is 45.7 Å². The molecule has 4 rings (SSSR count). The Labute approximate surface area is 178 Å². The van der Waals surface area contributed by atoms with Gasteiger partial charge in [0.05, 0.1) is 23.1 Å². The fourth-order valence-electron chi connectivity index (χ4n) is 4.22. The Kier molecular flexibility index (Phi) is 6.08. The van der Waals surface area contributed by atoms with Gasteiger partial charge >= 0.3 is 0 Å². The molecule has 2 amide bonds. The van der Waals surface area contributed by atoms with Crippen LogP contribution in [0.5, 0.6) is 0 Å². The number of aromatic amines is 1. The average molecular weight is 426 g/mol. The number of imide groups is 1. The van der Waals surface area contributed by atoms with Crippen LogP contribution < -0.4 is 4.90 Å². The van der Waals surface area contributed by atoms with E-state index in [4.69, 9.17) is 0 Å². The van der Waals surface area contributed by atoms with Crippen molar-refractivity contribution < 1.29 is 18.4 Å². The first kappa shape index (κ1) is 21.1. The second kappa shape index (κ2) is 8.93. The Morgan fingerprint density at radius 1 is 1.16 bits per heavy atom. The van der Waals surface area contributed by atoms with Gasteiger partial charge in [0.15, 0.2) is 0 Å². The van der Waals surface area contributed by atoms with Crippen LogP contribution in [0.25, 0.3) is 11.0 Å². The first-order valence-electron chi connectivity index (χ1n) is 10.4. The van der Waals surface area contributed by atoms with Gasteiger partial charge < -0.3 is 4.98 Å². The Morgan fingerprint density at radius 2 is 1.87 bits per heavy atom. The molecule has 0 saturated carbocycles. The van der Waals surface area contributed by atoms with Crippen LogP contribution in [0.3, 0.4) is 0 Å². The lowest BCUT2D eigenvalue weighted by Gasteiger charge is -2.33. The molecular weight excluding hydrogens is 402 g/mol. The molecule has 0 aliphatic carbocycles. The van der Waals surface area contributed by atoms with Crippen molar-refractivity contribution in [3.05, 3.63) is 60.2 Å². The van der Waals surface area contributed by atoms with Gasteiger partial charge in [-0.25, -0.2) is 18.7 Å². The molecule has 1 saturated heterocycles. The van der Waals surface area contributed by atoms with Crippen molar-refractivity contribution in [2.75, 3.05) is 11.4 Å². The van der Waals surface area contributed by atoms with Crippen molar-refractivity contribution in [3.63, 3.8) is 0 Å². The van der Waals surface area contributed by atoms with Gasteiger partial charge in [0.25, 0.3) is 12.3 Å². The number of hydrogen-bond acceptors (Lipinski definition) is 4. The van der Waals surface area contributed by atoms with Gasteiger partial charge in [-0.15, -0.1) is 0 Å². The Bertz CT molecular complexity index is 1040. The summed E-state index contributed by atoms with van der Waals surface area (Å²) >= 11 is 0. The van der Waals surface area contributed by atoms with Crippen LogP contribution >= 0.6 is 0 Å². The summed E-state index contributed by atoms with van der Waals surface area (Å²) in [5.41, 5.74) is 1.77. The largest absolute Gasteiger partial charge is 0.323 e. The number of halogens is 2. The SMILES string of the molecule is CCC(=O)N(C(=O)[C@@H]1CCCN1C(c1ccccc1)C(F)F)c1nc2ccccc2[nH]1. The molecule has 2 atom stereocenters. The zero-order valence-electron chi connectivity index (χ0n) is 17.2. The molecule has 31 heavy (non-hydrogen) atoms. The van der Waals surface area contributed by atoms with Crippen LogP contribution in [0.4, 0.5) is 14.7 Å². The standard InChI is InChI=1S/C23H24F2N4O2/c1-2-19(30)29(23-26-16-11-6-7-12-17(16)27-23)22(31)18-13-8-14-28(18)20(21(24)25)15-9-4-3-5-10-15/h3-7,9-12,18,20-21H,2,8,13-14H2,1H3,(H,26,27)/t18-,20?/m0/s1. The number of aromatic nitrogens is 2. The Hall–Kier alpha value is -3.13. The molecule has 1 unspecified atom stereocenters. The molecule has 0 spiro atoms. The van der Waals surface area contributed by atoms with Crippen molar-refractivity contribution in [1.82, 2.24) is 14.9 Å². The molecule has 3 aromatic rings. The number of fused-ring (bicyclic) bond motifs is 1. The topological polar surface area (TPSA) is 69.3 Å². The number of carbonyl (C=O) groups excluding carboxylic acids is 2. The highest BCUT2D eigenvalue weighted by Gasteiger charge is 2.43. The zero-order valence-corrected chi connectivity index (χ0v) is 17.2. The first-order chi connectivity index (χ1) is 15.0. The number of hydrogen-bond donors (Lipinski definition) is 1. The van der Waals surface area contributed by atoms with Crippen LogP contribution in [0.2, 0.25) is 0 Å². The summed E-state index contributed by atoms with van der Waals surface area (Å²) in [5, 5.41) is 0. The third-order valence-electron chi connectivity index (χ3n) is 5.68. The van der Waals surface area contributed by atoms with Crippen molar-refractivity contribution in [2.45, 2.75) is 44.7 Å².